The van der Waals surface area contributed by atoms with Gasteiger partial charge in [-0.05, 0) is 55.2 Å². The number of nitrogens with one attached hydrogen (secondary N) is 1. The van der Waals surface area contributed by atoms with Crippen LogP contribution in [0.1, 0.15) is 24.8 Å². The molecule has 34 heavy (non-hydrogen) atoms. The van der Waals surface area contributed by atoms with Crippen LogP contribution in [0.25, 0.3) is 0 Å². The summed E-state index contributed by atoms with van der Waals surface area (Å²) in [5.74, 6) is 0.640. The minimum absolute atomic E-state index is 0.0500. The number of hydrazone groups is 1. The number of ether oxygens (including phenoxy) is 3. The first-order valence-electron chi connectivity index (χ1n) is 10.7. The van der Waals surface area contributed by atoms with Crippen LogP contribution in [0.15, 0.2) is 47.6 Å². The minimum Gasteiger partial charge on any atom is -0.493 e. The number of amides is 2. The fourth-order valence-corrected chi connectivity index (χ4v) is 3.28. The Hall–Kier alpha value is -4.15. The first-order valence-corrected chi connectivity index (χ1v) is 10.7. The number of carbonyl (C=O) groups is 2. The first kappa shape index (κ1) is 24.5. The normalized spacial score (nSPS) is 13.4. The predicted octanol–water partition coefficient (Wildman–Crippen LogP) is 2.52. The number of hydrogen-bond acceptors (Lipinski definition) is 8. The van der Waals surface area contributed by atoms with Gasteiger partial charge in [0.2, 0.25) is 0 Å². The van der Waals surface area contributed by atoms with Gasteiger partial charge in [-0.2, -0.15) is 5.10 Å². The van der Waals surface area contributed by atoms with Gasteiger partial charge < -0.3 is 19.1 Å². The fraction of sp³-hybridized carbons (Fsp3) is 0.348. The Kier molecular flexibility index (Phi) is 8.78. The molecule has 0 radical (unpaired) electrons. The van der Waals surface area contributed by atoms with Gasteiger partial charge in [0.05, 0.1) is 18.2 Å². The Morgan fingerprint density at radius 1 is 1.06 bits per heavy atom. The van der Waals surface area contributed by atoms with Gasteiger partial charge in [-0.25, -0.2) is 5.43 Å². The maximum absolute atomic E-state index is 12.3. The van der Waals surface area contributed by atoms with Crippen LogP contribution in [0.2, 0.25) is 0 Å². The van der Waals surface area contributed by atoms with Crippen LogP contribution in [-0.2, 0) is 9.59 Å². The molecule has 0 spiro atoms. The van der Waals surface area contributed by atoms with E-state index < -0.39 is 10.8 Å². The number of methoxy groups -OCH3 is 1. The summed E-state index contributed by atoms with van der Waals surface area (Å²) in [5.41, 5.74) is 2.91. The predicted molar refractivity (Wildman–Crippen MR) is 123 cm³/mol. The summed E-state index contributed by atoms with van der Waals surface area (Å²) in [6.45, 7) is 1.16. The molecule has 0 atom stereocenters. The highest BCUT2D eigenvalue weighted by molar-refractivity contribution is 5.84. The summed E-state index contributed by atoms with van der Waals surface area (Å²) >= 11 is 0. The summed E-state index contributed by atoms with van der Waals surface area (Å²) in [7, 11) is 1.49. The molecule has 1 saturated heterocycles. The summed E-state index contributed by atoms with van der Waals surface area (Å²) in [6.07, 6.45) is 4.61. The molecule has 3 rings (SSSR count). The standard InChI is InChI=1S/C23H26N4O7/c1-32-21-13-17(5-10-20(21)34-16-23(29)26-11-3-2-4-12-26)14-24-25-22(28)15-33-19-8-6-18(7-9-19)27(30)31/h5-10,13-14H,2-4,11-12,15-16H2,1H3,(H,25,28)/b24-14-. The Labute approximate surface area is 196 Å². The zero-order valence-corrected chi connectivity index (χ0v) is 18.8. The molecule has 1 aliphatic heterocycles. The SMILES string of the molecule is COc1cc(/C=N\NC(=O)COc2ccc([N+](=O)[O-])cc2)ccc1OCC(=O)N1CCCCC1. The second-order valence-corrected chi connectivity index (χ2v) is 7.47. The van der Waals surface area contributed by atoms with Gasteiger partial charge in [-0.1, -0.05) is 0 Å². The van der Waals surface area contributed by atoms with Crippen molar-refractivity contribution in [3.05, 3.63) is 58.1 Å². The van der Waals surface area contributed by atoms with Gasteiger partial charge in [-0.3, -0.25) is 19.7 Å². The van der Waals surface area contributed by atoms with E-state index in [1.54, 1.807) is 18.2 Å². The van der Waals surface area contributed by atoms with E-state index in [1.165, 1.54) is 37.6 Å². The van der Waals surface area contributed by atoms with Gasteiger partial charge >= 0.3 is 0 Å². The van der Waals surface area contributed by atoms with Gasteiger partial charge in [0.25, 0.3) is 17.5 Å². The lowest BCUT2D eigenvalue weighted by Gasteiger charge is -2.26. The fourth-order valence-electron chi connectivity index (χ4n) is 3.28. The Morgan fingerprint density at radius 2 is 1.79 bits per heavy atom. The average molecular weight is 470 g/mol. The van der Waals surface area contributed by atoms with Gasteiger partial charge in [0.15, 0.2) is 24.7 Å². The van der Waals surface area contributed by atoms with E-state index in [-0.39, 0.29) is 24.8 Å². The molecule has 0 saturated carbocycles. The summed E-state index contributed by atoms with van der Waals surface area (Å²) in [6, 6.07) is 10.4. The van der Waals surface area contributed by atoms with Crippen molar-refractivity contribution in [2.45, 2.75) is 19.3 Å². The Bertz CT molecular complexity index is 1030. The third kappa shape index (κ3) is 7.19. The minimum atomic E-state index is -0.520. The third-order valence-electron chi connectivity index (χ3n) is 5.07. The monoisotopic (exact) mass is 470 g/mol. The Balaban J connectivity index is 1.46. The molecule has 0 aliphatic carbocycles. The zero-order chi connectivity index (χ0) is 24.3. The molecule has 1 heterocycles. The number of nitro groups is 1. The van der Waals surface area contributed by atoms with Crippen LogP contribution in [0.4, 0.5) is 5.69 Å². The van der Waals surface area contributed by atoms with Crippen molar-refractivity contribution in [3.8, 4) is 17.2 Å². The molecule has 0 unspecified atom stereocenters. The number of rotatable bonds is 10. The van der Waals surface area contributed by atoms with Crippen molar-refractivity contribution in [1.82, 2.24) is 10.3 Å². The molecule has 1 fully saturated rings. The van der Waals surface area contributed by atoms with Crippen LogP contribution in [0.3, 0.4) is 0 Å². The maximum Gasteiger partial charge on any atom is 0.277 e. The van der Waals surface area contributed by atoms with Crippen molar-refractivity contribution in [2.75, 3.05) is 33.4 Å². The molecule has 180 valence electrons. The molecule has 1 N–H and O–H groups in total. The Morgan fingerprint density at radius 3 is 2.47 bits per heavy atom. The van der Waals surface area contributed by atoms with Crippen molar-refractivity contribution in [1.29, 1.82) is 0 Å². The third-order valence-corrected chi connectivity index (χ3v) is 5.07. The van der Waals surface area contributed by atoms with Gasteiger partial charge in [0, 0.05) is 25.2 Å². The molecule has 11 nitrogen and oxygen atoms in total. The van der Waals surface area contributed by atoms with E-state index in [0.717, 1.165) is 32.4 Å². The molecule has 2 amide bonds. The lowest BCUT2D eigenvalue weighted by atomic mass is 10.1. The van der Waals surface area contributed by atoms with Crippen LogP contribution in [-0.4, -0.2) is 61.3 Å². The van der Waals surface area contributed by atoms with Crippen molar-refractivity contribution >= 4 is 23.7 Å². The van der Waals surface area contributed by atoms with Crippen molar-refractivity contribution in [3.63, 3.8) is 0 Å². The zero-order valence-electron chi connectivity index (χ0n) is 18.8. The highest BCUT2D eigenvalue weighted by atomic mass is 16.6. The van der Waals surface area contributed by atoms with E-state index in [2.05, 4.69) is 10.5 Å². The number of hydrogen-bond donors (Lipinski definition) is 1. The van der Waals surface area contributed by atoms with Gasteiger partial charge in [-0.15, -0.1) is 0 Å². The number of nitrogens with zero attached hydrogens (tertiary/aromatic N) is 3. The van der Waals surface area contributed by atoms with E-state index >= 15 is 0 Å². The summed E-state index contributed by atoms with van der Waals surface area (Å²) in [5, 5.41) is 14.5. The topological polar surface area (TPSA) is 133 Å². The van der Waals surface area contributed by atoms with Crippen LogP contribution in [0.5, 0.6) is 17.2 Å². The van der Waals surface area contributed by atoms with E-state index in [0.29, 0.717) is 22.8 Å². The lowest BCUT2D eigenvalue weighted by Crippen LogP contribution is -2.38. The average Bonchev–Trinajstić information content (AvgIpc) is 2.87. The molecule has 11 heteroatoms. The van der Waals surface area contributed by atoms with Crippen molar-refractivity contribution in [2.24, 2.45) is 5.10 Å². The second-order valence-electron chi connectivity index (χ2n) is 7.47. The summed E-state index contributed by atoms with van der Waals surface area (Å²) in [4.78, 5) is 36.1. The highest BCUT2D eigenvalue weighted by Crippen LogP contribution is 2.27. The van der Waals surface area contributed by atoms with E-state index in [4.69, 9.17) is 14.2 Å². The number of carbonyl (C=O) groups excluding carboxylic acids is 2. The lowest BCUT2D eigenvalue weighted by molar-refractivity contribution is -0.384. The van der Waals surface area contributed by atoms with E-state index in [1.807, 2.05) is 4.90 Å². The number of benzene rings is 2. The van der Waals surface area contributed by atoms with Crippen LogP contribution >= 0.6 is 0 Å². The molecule has 2 aromatic rings. The van der Waals surface area contributed by atoms with E-state index in [9.17, 15) is 19.7 Å². The smallest absolute Gasteiger partial charge is 0.277 e. The number of nitro benzene ring substituents is 1. The molecule has 1 aliphatic rings. The summed E-state index contributed by atoms with van der Waals surface area (Å²) < 4.78 is 16.3. The quantitative estimate of drug-likeness (QED) is 0.320. The first-order chi connectivity index (χ1) is 16.5. The molecular formula is C23H26N4O7. The number of piperidine rings is 1. The van der Waals surface area contributed by atoms with Gasteiger partial charge in [0.1, 0.15) is 5.75 Å². The second kappa shape index (κ2) is 12.2. The number of likely N-dealkylation sites (tertiary alicyclic amines) is 1. The largest absolute Gasteiger partial charge is 0.493 e. The van der Waals surface area contributed by atoms with Crippen LogP contribution in [0, 0.1) is 10.1 Å². The van der Waals surface area contributed by atoms with Crippen molar-refractivity contribution < 1.29 is 28.7 Å². The van der Waals surface area contributed by atoms with Crippen LogP contribution < -0.4 is 19.6 Å². The molecule has 0 bridgehead atoms. The number of non-ortho nitro benzene ring substituents is 1. The maximum atomic E-state index is 12.3. The molecular weight excluding hydrogens is 444 g/mol. The molecule has 2 aromatic carbocycles. The highest BCUT2D eigenvalue weighted by Gasteiger charge is 2.17. The molecule has 0 aromatic heterocycles.